The average Bonchev–Trinajstić information content (AvgIpc) is 1.94. The summed E-state index contributed by atoms with van der Waals surface area (Å²) in [7, 11) is 0. The molecule has 0 aromatic rings. The van der Waals surface area contributed by atoms with Gasteiger partial charge in [-0.15, -0.1) is 0 Å². The maximum Gasteiger partial charge on any atom is 0.312 e. The predicted octanol–water partition coefficient (Wildman–Crippen LogP) is 0.184. The first-order chi connectivity index (χ1) is 5.59. The third kappa shape index (κ3) is 2.37. The molecule has 0 saturated carbocycles. The van der Waals surface area contributed by atoms with E-state index in [2.05, 4.69) is 24.5 Å². The maximum absolute atomic E-state index is 10.6. The Hall–Kier alpha value is -0.770. The van der Waals surface area contributed by atoms with Gasteiger partial charge in [0.2, 0.25) is 0 Å². The average molecular weight is 171 g/mol. The Labute approximate surface area is 72.9 Å². The van der Waals surface area contributed by atoms with E-state index < -0.39 is 6.03 Å². The van der Waals surface area contributed by atoms with Gasteiger partial charge in [0, 0.05) is 18.1 Å². The molecule has 0 aromatic carbocycles. The molecule has 12 heavy (non-hydrogen) atoms. The summed E-state index contributed by atoms with van der Waals surface area (Å²) in [6.07, 6.45) is 2.10. The Kier molecular flexibility index (Phi) is 2.92. The van der Waals surface area contributed by atoms with E-state index in [1.165, 1.54) is 0 Å². The van der Waals surface area contributed by atoms with Crippen LogP contribution in [-0.4, -0.2) is 24.2 Å². The number of nitrogens with one attached hydrogen (secondary N) is 2. The van der Waals surface area contributed by atoms with Crippen LogP contribution >= 0.6 is 0 Å². The molecule has 3 unspecified atom stereocenters. The van der Waals surface area contributed by atoms with E-state index in [1.807, 2.05) is 0 Å². The van der Waals surface area contributed by atoms with Gasteiger partial charge in [-0.25, -0.2) is 4.79 Å². The SMILES string of the molecule is CC1CCC(NC(N)=O)C(C)N1. The highest BCUT2D eigenvalue weighted by molar-refractivity contribution is 5.72. The van der Waals surface area contributed by atoms with Crippen LogP contribution in [0.3, 0.4) is 0 Å². The highest BCUT2D eigenvalue weighted by atomic mass is 16.2. The summed E-state index contributed by atoms with van der Waals surface area (Å²) in [6, 6.07) is 0.633. The molecule has 0 aliphatic carbocycles. The Bertz CT molecular complexity index is 172. The van der Waals surface area contributed by atoms with E-state index in [4.69, 9.17) is 5.73 Å². The third-order valence-electron chi connectivity index (χ3n) is 2.39. The first-order valence-corrected chi connectivity index (χ1v) is 4.41. The summed E-state index contributed by atoms with van der Waals surface area (Å²) in [5.74, 6) is 0. The number of hydrogen-bond acceptors (Lipinski definition) is 2. The second kappa shape index (κ2) is 3.76. The number of carbonyl (C=O) groups excluding carboxylic acids is 1. The molecule has 0 bridgehead atoms. The van der Waals surface area contributed by atoms with Crippen LogP contribution in [0, 0.1) is 0 Å². The Morgan fingerprint density at radius 3 is 2.67 bits per heavy atom. The molecule has 4 heteroatoms. The van der Waals surface area contributed by atoms with Gasteiger partial charge < -0.3 is 16.4 Å². The highest BCUT2D eigenvalue weighted by Crippen LogP contribution is 2.12. The molecule has 0 spiro atoms. The van der Waals surface area contributed by atoms with Gasteiger partial charge in [-0.2, -0.15) is 0 Å². The lowest BCUT2D eigenvalue weighted by atomic mass is 9.95. The smallest absolute Gasteiger partial charge is 0.312 e. The minimum Gasteiger partial charge on any atom is -0.352 e. The van der Waals surface area contributed by atoms with Crippen molar-refractivity contribution >= 4 is 6.03 Å². The number of urea groups is 1. The van der Waals surface area contributed by atoms with Crippen LogP contribution in [0.15, 0.2) is 0 Å². The zero-order valence-corrected chi connectivity index (χ0v) is 7.63. The lowest BCUT2D eigenvalue weighted by Gasteiger charge is -2.34. The fourth-order valence-corrected chi connectivity index (χ4v) is 1.71. The number of rotatable bonds is 1. The first kappa shape index (κ1) is 9.32. The van der Waals surface area contributed by atoms with Crippen LogP contribution in [0.4, 0.5) is 4.79 Å². The largest absolute Gasteiger partial charge is 0.352 e. The van der Waals surface area contributed by atoms with Crippen LogP contribution in [0.5, 0.6) is 0 Å². The van der Waals surface area contributed by atoms with Gasteiger partial charge in [0.15, 0.2) is 0 Å². The van der Waals surface area contributed by atoms with Crippen molar-refractivity contribution in [1.29, 1.82) is 0 Å². The van der Waals surface area contributed by atoms with Crippen molar-refractivity contribution in [3.05, 3.63) is 0 Å². The van der Waals surface area contributed by atoms with Crippen molar-refractivity contribution in [2.24, 2.45) is 5.73 Å². The van der Waals surface area contributed by atoms with Gasteiger partial charge in [-0.05, 0) is 26.7 Å². The second-order valence-electron chi connectivity index (χ2n) is 3.55. The number of piperidine rings is 1. The van der Waals surface area contributed by atoms with Crippen LogP contribution in [0.25, 0.3) is 0 Å². The van der Waals surface area contributed by atoms with Gasteiger partial charge in [0.05, 0.1) is 0 Å². The van der Waals surface area contributed by atoms with E-state index in [-0.39, 0.29) is 6.04 Å². The van der Waals surface area contributed by atoms with E-state index >= 15 is 0 Å². The molecule has 0 radical (unpaired) electrons. The summed E-state index contributed by atoms with van der Waals surface area (Å²) in [4.78, 5) is 10.6. The standard InChI is InChI=1S/C8H17N3O/c1-5-3-4-7(6(2)10-5)11-8(9)12/h5-7,10H,3-4H2,1-2H3,(H3,9,11,12). The van der Waals surface area contributed by atoms with Crippen molar-refractivity contribution in [3.63, 3.8) is 0 Å². The molecule has 4 nitrogen and oxygen atoms in total. The molecule has 0 aromatic heterocycles. The van der Waals surface area contributed by atoms with Crippen molar-refractivity contribution in [1.82, 2.24) is 10.6 Å². The Morgan fingerprint density at radius 2 is 2.17 bits per heavy atom. The lowest BCUT2D eigenvalue weighted by Crippen LogP contribution is -2.55. The number of primary amides is 1. The Morgan fingerprint density at radius 1 is 1.50 bits per heavy atom. The fraction of sp³-hybridized carbons (Fsp3) is 0.875. The van der Waals surface area contributed by atoms with Crippen molar-refractivity contribution < 1.29 is 4.79 Å². The van der Waals surface area contributed by atoms with E-state index in [1.54, 1.807) is 0 Å². The van der Waals surface area contributed by atoms with Crippen LogP contribution in [0.1, 0.15) is 26.7 Å². The summed E-state index contributed by atoms with van der Waals surface area (Å²) < 4.78 is 0. The summed E-state index contributed by atoms with van der Waals surface area (Å²) in [5.41, 5.74) is 5.04. The molecule has 1 heterocycles. The normalized spacial score (nSPS) is 36.0. The molecule has 1 aliphatic rings. The van der Waals surface area contributed by atoms with Gasteiger partial charge >= 0.3 is 6.03 Å². The second-order valence-corrected chi connectivity index (χ2v) is 3.55. The van der Waals surface area contributed by atoms with E-state index in [0.717, 1.165) is 12.8 Å². The fourth-order valence-electron chi connectivity index (χ4n) is 1.71. The summed E-state index contributed by atoms with van der Waals surface area (Å²) >= 11 is 0. The molecule has 70 valence electrons. The van der Waals surface area contributed by atoms with Crippen LogP contribution < -0.4 is 16.4 Å². The first-order valence-electron chi connectivity index (χ1n) is 4.41. The van der Waals surface area contributed by atoms with E-state index in [0.29, 0.717) is 12.1 Å². The van der Waals surface area contributed by atoms with E-state index in [9.17, 15) is 4.79 Å². The zero-order chi connectivity index (χ0) is 9.14. The molecule has 1 rings (SSSR count). The van der Waals surface area contributed by atoms with Gasteiger partial charge in [0.1, 0.15) is 0 Å². The van der Waals surface area contributed by atoms with Crippen LogP contribution in [0.2, 0.25) is 0 Å². The molecule has 3 atom stereocenters. The Balaban J connectivity index is 2.39. The number of nitrogens with two attached hydrogens (primary N) is 1. The summed E-state index contributed by atoms with van der Waals surface area (Å²) in [5, 5.41) is 6.09. The molecule has 1 aliphatic heterocycles. The minimum atomic E-state index is -0.428. The number of carbonyl (C=O) groups is 1. The molecule has 4 N–H and O–H groups in total. The monoisotopic (exact) mass is 171 g/mol. The van der Waals surface area contributed by atoms with Gasteiger partial charge in [-0.3, -0.25) is 0 Å². The molecular formula is C8H17N3O. The quantitative estimate of drug-likeness (QED) is 0.527. The van der Waals surface area contributed by atoms with Crippen LogP contribution in [-0.2, 0) is 0 Å². The number of amides is 2. The van der Waals surface area contributed by atoms with Crippen molar-refractivity contribution in [3.8, 4) is 0 Å². The van der Waals surface area contributed by atoms with Gasteiger partial charge in [0.25, 0.3) is 0 Å². The predicted molar refractivity (Wildman–Crippen MR) is 47.8 cm³/mol. The minimum absolute atomic E-state index is 0.193. The zero-order valence-electron chi connectivity index (χ0n) is 7.63. The maximum atomic E-state index is 10.6. The van der Waals surface area contributed by atoms with Gasteiger partial charge in [-0.1, -0.05) is 0 Å². The van der Waals surface area contributed by atoms with Crippen molar-refractivity contribution in [2.45, 2.75) is 44.8 Å². The molecule has 1 fully saturated rings. The molecule has 1 saturated heterocycles. The van der Waals surface area contributed by atoms with Crippen molar-refractivity contribution in [2.75, 3.05) is 0 Å². The highest BCUT2D eigenvalue weighted by Gasteiger charge is 2.24. The molecule has 2 amide bonds. The molecular weight excluding hydrogens is 154 g/mol. The number of hydrogen-bond donors (Lipinski definition) is 3. The topological polar surface area (TPSA) is 67.1 Å². The lowest BCUT2D eigenvalue weighted by molar-refractivity contribution is 0.229. The summed E-state index contributed by atoms with van der Waals surface area (Å²) in [6.45, 7) is 4.22. The third-order valence-corrected chi connectivity index (χ3v) is 2.39.